The maximum Gasteiger partial charge on any atom is 0.258 e. The second-order valence-corrected chi connectivity index (χ2v) is 6.46. The molecule has 27 heavy (non-hydrogen) atoms. The fourth-order valence-electron chi connectivity index (χ4n) is 3.03. The number of ether oxygens (including phenoxy) is 1. The van der Waals surface area contributed by atoms with Gasteiger partial charge in [0.1, 0.15) is 18.1 Å². The third-order valence-electron chi connectivity index (χ3n) is 4.61. The van der Waals surface area contributed by atoms with Crippen LogP contribution in [0.15, 0.2) is 53.1 Å². The third-order valence-corrected chi connectivity index (χ3v) is 4.61. The Kier molecular flexibility index (Phi) is 5.60. The molecule has 0 radical (unpaired) electrons. The molecule has 3 aromatic rings. The van der Waals surface area contributed by atoms with Crippen molar-refractivity contribution in [2.45, 2.75) is 34.3 Å². The number of aromatic nitrogens is 1. The van der Waals surface area contributed by atoms with Gasteiger partial charge in [0.25, 0.3) is 5.91 Å². The summed E-state index contributed by atoms with van der Waals surface area (Å²) in [6, 6.07) is 15.2. The van der Waals surface area contributed by atoms with E-state index in [0.29, 0.717) is 24.5 Å². The summed E-state index contributed by atoms with van der Waals surface area (Å²) in [5.74, 6) is 1.34. The van der Waals surface area contributed by atoms with Gasteiger partial charge in [0, 0.05) is 17.8 Å². The largest absolute Gasteiger partial charge is 0.489 e. The summed E-state index contributed by atoms with van der Waals surface area (Å²) >= 11 is 0. The molecule has 0 saturated heterocycles. The predicted molar refractivity (Wildman–Crippen MR) is 105 cm³/mol. The van der Waals surface area contributed by atoms with Gasteiger partial charge in [-0.3, -0.25) is 4.79 Å². The highest BCUT2D eigenvalue weighted by Crippen LogP contribution is 2.24. The van der Waals surface area contributed by atoms with Crippen molar-refractivity contribution in [2.24, 2.45) is 0 Å². The highest BCUT2D eigenvalue weighted by molar-refractivity contribution is 6.06. The van der Waals surface area contributed by atoms with Gasteiger partial charge in [-0.05, 0) is 57.5 Å². The minimum atomic E-state index is -0.0467. The van der Waals surface area contributed by atoms with Gasteiger partial charge >= 0.3 is 0 Å². The van der Waals surface area contributed by atoms with Crippen LogP contribution in [0.3, 0.4) is 0 Å². The van der Waals surface area contributed by atoms with Crippen LogP contribution < -0.4 is 9.64 Å². The molecule has 0 spiro atoms. The zero-order valence-corrected chi connectivity index (χ0v) is 16.2. The zero-order chi connectivity index (χ0) is 19.4. The van der Waals surface area contributed by atoms with E-state index < -0.39 is 0 Å². The van der Waals surface area contributed by atoms with E-state index in [4.69, 9.17) is 9.26 Å². The van der Waals surface area contributed by atoms with E-state index >= 15 is 0 Å². The average Bonchev–Trinajstić information content (AvgIpc) is 3.00. The Morgan fingerprint density at radius 2 is 1.89 bits per heavy atom. The maximum atomic E-state index is 13.1. The molecule has 140 valence electrons. The van der Waals surface area contributed by atoms with Crippen molar-refractivity contribution in [3.63, 3.8) is 0 Å². The van der Waals surface area contributed by atoms with Crippen molar-refractivity contribution in [1.82, 2.24) is 5.16 Å². The molecule has 5 nitrogen and oxygen atoms in total. The fraction of sp³-hybridized carbons (Fsp3) is 0.273. The Morgan fingerprint density at radius 1 is 1.11 bits per heavy atom. The van der Waals surface area contributed by atoms with E-state index in [9.17, 15) is 4.79 Å². The molecule has 1 amide bonds. The van der Waals surface area contributed by atoms with Crippen molar-refractivity contribution in [3.05, 3.63) is 76.7 Å². The first kappa shape index (κ1) is 18.7. The molecule has 1 heterocycles. The van der Waals surface area contributed by atoms with Crippen molar-refractivity contribution >= 4 is 11.6 Å². The van der Waals surface area contributed by atoms with E-state index in [2.05, 4.69) is 5.16 Å². The highest BCUT2D eigenvalue weighted by Gasteiger charge is 2.18. The highest BCUT2D eigenvalue weighted by atomic mass is 16.5. The summed E-state index contributed by atoms with van der Waals surface area (Å²) in [6.45, 7) is 8.68. The Morgan fingerprint density at radius 3 is 2.56 bits per heavy atom. The lowest BCUT2D eigenvalue weighted by Crippen LogP contribution is -2.31. The Hall–Kier alpha value is -3.08. The molecule has 0 unspecified atom stereocenters. The van der Waals surface area contributed by atoms with E-state index in [-0.39, 0.29) is 5.91 Å². The van der Waals surface area contributed by atoms with E-state index in [1.165, 1.54) is 0 Å². The van der Waals surface area contributed by atoms with Gasteiger partial charge in [0.05, 0.1) is 11.3 Å². The van der Waals surface area contributed by atoms with Crippen LogP contribution in [0.4, 0.5) is 5.69 Å². The number of aryl methyl sites for hydroxylation is 3. The van der Waals surface area contributed by atoms with Crippen LogP contribution in [0.1, 0.15) is 39.9 Å². The Bertz CT molecular complexity index is 927. The lowest BCUT2D eigenvalue weighted by molar-refractivity contribution is 0.0987. The summed E-state index contributed by atoms with van der Waals surface area (Å²) in [4.78, 5) is 14.8. The summed E-state index contributed by atoms with van der Waals surface area (Å²) < 4.78 is 11.0. The van der Waals surface area contributed by atoms with Gasteiger partial charge in [-0.2, -0.15) is 0 Å². The third kappa shape index (κ3) is 4.03. The molecule has 0 aliphatic carbocycles. The van der Waals surface area contributed by atoms with Gasteiger partial charge in [-0.15, -0.1) is 0 Å². The number of carbonyl (C=O) groups excluding carboxylic acids is 1. The molecular weight excluding hydrogens is 340 g/mol. The molecule has 0 N–H and O–H groups in total. The lowest BCUT2D eigenvalue weighted by Gasteiger charge is -2.23. The first-order chi connectivity index (χ1) is 13.0. The van der Waals surface area contributed by atoms with Crippen molar-refractivity contribution in [1.29, 1.82) is 0 Å². The number of hydrogen-bond acceptors (Lipinski definition) is 4. The van der Waals surface area contributed by atoms with Crippen LogP contribution in [0.25, 0.3) is 0 Å². The maximum absolute atomic E-state index is 13.1. The smallest absolute Gasteiger partial charge is 0.258 e. The number of anilines is 1. The Labute approximate surface area is 159 Å². The molecule has 0 fully saturated rings. The first-order valence-corrected chi connectivity index (χ1v) is 9.03. The number of nitrogens with zero attached hydrogens (tertiary/aromatic N) is 2. The van der Waals surface area contributed by atoms with Crippen molar-refractivity contribution in [2.75, 3.05) is 11.4 Å². The van der Waals surface area contributed by atoms with Crippen molar-refractivity contribution < 1.29 is 14.1 Å². The minimum Gasteiger partial charge on any atom is -0.489 e. The second kappa shape index (κ2) is 8.08. The van der Waals surface area contributed by atoms with Crippen LogP contribution in [0.2, 0.25) is 0 Å². The molecule has 5 heteroatoms. The van der Waals surface area contributed by atoms with Gasteiger partial charge in [-0.1, -0.05) is 29.4 Å². The van der Waals surface area contributed by atoms with Crippen LogP contribution in [-0.2, 0) is 6.61 Å². The lowest BCUT2D eigenvalue weighted by atomic mass is 10.1. The SMILES string of the molecule is CCN(C(=O)c1cccc(OCc2c(C)noc2C)c1)c1ccccc1C. The Balaban J connectivity index is 1.80. The molecule has 0 aliphatic rings. The van der Waals surface area contributed by atoms with Crippen LogP contribution in [0.5, 0.6) is 5.75 Å². The second-order valence-electron chi connectivity index (χ2n) is 6.46. The average molecular weight is 364 g/mol. The quantitative estimate of drug-likeness (QED) is 0.628. The summed E-state index contributed by atoms with van der Waals surface area (Å²) in [5, 5.41) is 3.93. The summed E-state index contributed by atoms with van der Waals surface area (Å²) in [5.41, 5.74) is 4.33. The number of benzene rings is 2. The van der Waals surface area contributed by atoms with Gasteiger partial charge in [0.2, 0.25) is 0 Å². The van der Waals surface area contributed by atoms with Crippen molar-refractivity contribution in [3.8, 4) is 5.75 Å². The predicted octanol–water partition coefficient (Wildman–Crippen LogP) is 4.85. The van der Waals surface area contributed by atoms with E-state index in [1.807, 2.05) is 70.2 Å². The molecule has 0 aliphatic heterocycles. The number of para-hydroxylation sites is 1. The number of hydrogen-bond donors (Lipinski definition) is 0. The van der Waals surface area contributed by atoms with Crippen LogP contribution >= 0.6 is 0 Å². The molecule has 2 aromatic carbocycles. The fourth-order valence-corrected chi connectivity index (χ4v) is 3.03. The van der Waals surface area contributed by atoms with Gasteiger partial charge < -0.3 is 14.2 Å². The molecule has 0 bridgehead atoms. The summed E-state index contributed by atoms with van der Waals surface area (Å²) in [7, 11) is 0. The first-order valence-electron chi connectivity index (χ1n) is 9.03. The summed E-state index contributed by atoms with van der Waals surface area (Å²) in [6.07, 6.45) is 0. The number of amides is 1. The van der Waals surface area contributed by atoms with Gasteiger partial charge in [-0.25, -0.2) is 0 Å². The normalized spacial score (nSPS) is 10.7. The molecule has 1 aromatic heterocycles. The van der Waals surface area contributed by atoms with E-state index in [0.717, 1.165) is 28.3 Å². The molecule has 0 atom stereocenters. The standard InChI is InChI=1S/C22H24N2O3/c1-5-24(21-12-7-6-9-15(21)2)22(25)18-10-8-11-19(13-18)26-14-20-16(3)23-27-17(20)4/h6-13H,5,14H2,1-4H3. The van der Waals surface area contributed by atoms with Crippen LogP contribution in [0, 0.1) is 20.8 Å². The number of rotatable bonds is 6. The molecular formula is C22H24N2O3. The van der Waals surface area contributed by atoms with E-state index in [1.54, 1.807) is 11.0 Å². The van der Waals surface area contributed by atoms with Crippen LogP contribution in [-0.4, -0.2) is 17.6 Å². The van der Waals surface area contributed by atoms with Gasteiger partial charge in [0.15, 0.2) is 0 Å². The topological polar surface area (TPSA) is 55.6 Å². The number of carbonyl (C=O) groups is 1. The zero-order valence-electron chi connectivity index (χ0n) is 16.2. The minimum absolute atomic E-state index is 0.0467. The monoisotopic (exact) mass is 364 g/mol. The molecule has 0 saturated carbocycles. The molecule has 3 rings (SSSR count).